The van der Waals surface area contributed by atoms with Crippen LogP contribution in [0.25, 0.3) is 0 Å². The fourth-order valence-corrected chi connectivity index (χ4v) is 5.96. The molecule has 2 N–H and O–H groups in total. The van der Waals surface area contributed by atoms with Crippen LogP contribution in [0.15, 0.2) is 30.5 Å². The Morgan fingerprint density at radius 3 is 2.70 bits per heavy atom. The highest BCUT2D eigenvalue weighted by molar-refractivity contribution is 5.73. The number of anilines is 3. The largest absolute Gasteiger partial charge is 0.487 e. The van der Waals surface area contributed by atoms with Crippen LogP contribution in [0.5, 0.6) is 5.75 Å². The Kier molecular flexibility index (Phi) is 5.43. The number of benzene rings is 1. The smallest absolute Gasteiger partial charge is 0.143 e. The third-order valence-electron chi connectivity index (χ3n) is 7.95. The maximum Gasteiger partial charge on any atom is 0.143 e. The summed E-state index contributed by atoms with van der Waals surface area (Å²) in [6.07, 6.45) is 3.10. The van der Waals surface area contributed by atoms with Crippen LogP contribution in [0.3, 0.4) is 0 Å². The fourth-order valence-electron chi connectivity index (χ4n) is 5.96. The van der Waals surface area contributed by atoms with Gasteiger partial charge in [-0.15, -0.1) is 0 Å². The number of nitrogens with one attached hydrogen (secondary N) is 2. The molecule has 3 saturated heterocycles. The normalized spacial score (nSPS) is 25.2. The van der Waals surface area contributed by atoms with Crippen molar-refractivity contribution in [3.05, 3.63) is 41.6 Å². The molecule has 5 heterocycles. The Balaban J connectivity index is 1.26. The standard InChI is InChI=1S/C26H35N5O2/c1-26(2)17-31(19-14-27-15-19)8-6-21(26)18-3-4-24-22(13-18)29-25-20(16-33-24)23(5-7-28-25)30-9-11-32-12-10-30/h3-5,7,13,19,21,27H,6,8-12,14-17H2,1-2H3,(H,28,29)/t21-/m1/s1. The van der Waals surface area contributed by atoms with Crippen LogP contribution in [-0.2, 0) is 11.3 Å². The van der Waals surface area contributed by atoms with E-state index < -0.39 is 0 Å². The van der Waals surface area contributed by atoms with E-state index in [1.807, 2.05) is 6.20 Å². The minimum atomic E-state index is 0.229. The van der Waals surface area contributed by atoms with Crippen molar-refractivity contribution in [2.75, 3.05) is 62.7 Å². The maximum atomic E-state index is 6.30. The number of fused-ring (bicyclic) bond motifs is 2. The topological polar surface area (TPSA) is 61.9 Å². The van der Waals surface area contributed by atoms with Crippen molar-refractivity contribution in [1.29, 1.82) is 0 Å². The second-order valence-electron chi connectivity index (χ2n) is 10.5. The lowest BCUT2D eigenvalue weighted by atomic mass is 9.70. The zero-order valence-corrected chi connectivity index (χ0v) is 19.8. The lowest BCUT2D eigenvalue weighted by molar-refractivity contribution is 0.0394. The molecule has 176 valence electrons. The van der Waals surface area contributed by atoms with Crippen LogP contribution < -0.4 is 20.3 Å². The summed E-state index contributed by atoms with van der Waals surface area (Å²) in [6, 6.07) is 9.55. The van der Waals surface area contributed by atoms with Gasteiger partial charge >= 0.3 is 0 Å². The van der Waals surface area contributed by atoms with E-state index in [1.54, 1.807) is 0 Å². The van der Waals surface area contributed by atoms with E-state index in [4.69, 9.17) is 9.47 Å². The number of ether oxygens (including phenoxy) is 2. The Morgan fingerprint density at radius 1 is 1.09 bits per heavy atom. The van der Waals surface area contributed by atoms with Crippen molar-refractivity contribution in [2.45, 2.75) is 38.8 Å². The van der Waals surface area contributed by atoms with Crippen molar-refractivity contribution < 1.29 is 9.47 Å². The molecular formula is C26H35N5O2. The van der Waals surface area contributed by atoms with Gasteiger partial charge in [-0.25, -0.2) is 4.98 Å². The second-order valence-corrected chi connectivity index (χ2v) is 10.5. The first-order valence-corrected chi connectivity index (χ1v) is 12.4. The van der Waals surface area contributed by atoms with Crippen molar-refractivity contribution >= 4 is 17.2 Å². The molecule has 1 aromatic carbocycles. The van der Waals surface area contributed by atoms with Gasteiger partial charge in [-0.1, -0.05) is 19.9 Å². The number of hydrogen-bond acceptors (Lipinski definition) is 7. The summed E-state index contributed by atoms with van der Waals surface area (Å²) in [5.74, 6) is 2.34. The van der Waals surface area contributed by atoms with Crippen molar-refractivity contribution in [3.8, 4) is 5.75 Å². The van der Waals surface area contributed by atoms with Gasteiger partial charge in [0.2, 0.25) is 0 Å². The van der Waals surface area contributed by atoms with Gasteiger partial charge in [0.25, 0.3) is 0 Å². The van der Waals surface area contributed by atoms with E-state index >= 15 is 0 Å². The fraction of sp³-hybridized carbons (Fsp3) is 0.577. The highest BCUT2D eigenvalue weighted by Crippen LogP contribution is 2.45. The number of nitrogens with zero attached hydrogens (tertiary/aromatic N) is 3. The van der Waals surface area contributed by atoms with Crippen LogP contribution in [0, 0.1) is 5.41 Å². The summed E-state index contributed by atoms with van der Waals surface area (Å²) in [4.78, 5) is 9.75. The molecule has 0 saturated carbocycles. The van der Waals surface area contributed by atoms with Gasteiger partial charge in [0.15, 0.2) is 0 Å². The molecule has 4 aliphatic rings. The maximum absolute atomic E-state index is 6.30. The van der Waals surface area contributed by atoms with Gasteiger partial charge in [0.1, 0.15) is 18.2 Å². The first-order valence-electron chi connectivity index (χ1n) is 12.4. The van der Waals surface area contributed by atoms with E-state index in [-0.39, 0.29) is 5.41 Å². The summed E-state index contributed by atoms with van der Waals surface area (Å²) in [6.45, 7) is 13.3. The van der Waals surface area contributed by atoms with Crippen LogP contribution in [0.2, 0.25) is 0 Å². The molecule has 0 bridgehead atoms. The van der Waals surface area contributed by atoms with Crippen LogP contribution in [0.4, 0.5) is 17.2 Å². The van der Waals surface area contributed by atoms with Crippen LogP contribution in [0.1, 0.15) is 37.3 Å². The molecule has 0 spiro atoms. The summed E-state index contributed by atoms with van der Waals surface area (Å²) < 4.78 is 11.8. The van der Waals surface area contributed by atoms with E-state index in [0.717, 1.165) is 74.8 Å². The zero-order valence-electron chi connectivity index (χ0n) is 19.8. The number of piperidine rings is 1. The molecule has 0 unspecified atom stereocenters. The molecule has 6 rings (SSSR count). The number of pyridine rings is 1. The summed E-state index contributed by atoms with van der Waals surface area (Å²) in [5, 5.41) is 7.04. The number of morpholine rings is 1. The van der Waals surface area contributed by atoms with Gasteiger partial charge in [0, 0.05) is 50.6 Å². The molecule has 33 heavy (non-hydrogen) atoms. The van der Waals surface area contributed by atoms with Crippen LogP contribution >= 0.6 is 0 Å². The second kappa shape index (κ2) is 8.46. The Morgan fingerprint density at radius 2 is 1.94 bits per heavy atom. The molecule has 3 fully saturated rings. The van der Waals surface area contributed by atoms with Crippen molar-refractivity contribution in [3.63, 3.8) is 0 Å². The highest BCUT2D eigenvalue weighted by atomic mass is 16.5. The highest BCUT2D eigenvalue weighted by Gasteiger charge is 2.40. The van der Waals surface area contributed by atoms with Gasteiger partial charge < -0.3 is 25.0 Å². The van der Waals surface area contributed by atoms with E-state index in [9.17, 15) is 0 Å². The molecule has 4 aliphatic heterocycles. The molecule has 2 aromatic rings. The Bertz CT molecular complexity index is 1020. The Hall–Kier alpha value is -2.35. The monoisotopic (exact) mass is 449 g/mol. The third-order valence-corrected chi connectivity index (χ3v) is 7.95. The predicted octanol–water partition coefficient (Wildman–Crippen LogP) is 3.34. The first-order chi connectivity index (χ1) is 16.1. The van der Waals surface area contributed by atoms with E-state index in [2.05, 4.69) is 63.5 Å². The van der Waals surface area contributed by atoms with Gasteiger partial charge in [-0.3, -0.25) is 4.90 Å². The number of aromatic nitrogens is 1. The van der Waals surface area contributed by atoms with Gasteiger partial charge in [-0.05, 0) is 48.1 Å². The summed E-state index contributed by atoms with van der Waals surface area (Å²) in [5.41, 5.74) is 4.98. The average Bonchev–Trinajstić information content (AvgIpc) is 2.96. The molecule has 1 atom stereocenters. The molecule has 1 aromatic heterocycles. The SMILES string of the molecule is CC1(C)CN(C2CNC2)CC[C@@H]1c1ccc2c(c1)Nc1nccc(N3CCOCC3)c1CO2. The molecule has 7 heteroatoms. The van der Waals surface area contributed by atoms with E-state index in [0.29, 0.717) is 12.5 Å². The van der Waals surface area contributed by atoms with Gasteiger partial charge in [0.05, 0.1) is 24.5 Å². The quantitative estimate of drug-likeness (QED) is 0.745. The summed E-state index contributed by atoms with van der Waals surface area (Å²) in [7, 11) is 0. The van der Waals surface area contributed by atoms with Crippen LogP contribution in [-0.4, -0.2) is 68.4 Å². The number of likely N-dealkylation sites (tertiary alicyclic amines) is 1. The third kappa shape index (κ3) is 3.96. The lowest BCUT2D eigenvalue weighted by Gasteiger charge is -2.49. The predicted molar refractivity (Wildman–Crippen MR) is 131 cm³/mol. The molecule has 7 nitrogen and oxygen atoms in total. The molecule has 0 radical (unpaired) electrons. The minimum Gasteiger partial charge on any atom is -0.487 e. The van der Waals surface area contributed by atoms with Gasteiger partial charge in [-0.2, -0.15) is 0 Å². The van der Waals surface area contributed by atoms with Crippen molar-refractivity contribution in [1.82, 2.24) is 15.2 Å². The minimum absolute atomic E-state index is 0.229. The molecular weight excluding hydrogens is 414 g/mol. The summed E-state index contributed by atoms with van der Waals surface area (Å²) >= 11 is 0. The first kappa shape index (κ1) is 21.2. The molecule has 0 amide bonds. The van der Waals surface area contributed by atoms with Crippen molar-refractivity contribution in [2.24, 2.45) is 5.41 Å². The number of hydrogen-bond donors (Lipinski definition) is 2. The average molecular weight is 450 g/mol. The lowest BCUT2D eigenvalue weighted by Crippen LogP contribution is -2.61. The van der Waals surface area contributed by atoms with E-state index in [1.165, 1.54) is 24.2 Å². The number of rotatable bonds is 3. The zero-order chi connectivity index (χ0) is 22.4. The Labute approximate surface area is 196 Å². The molecule has 0 aliphatic carbocycles.